The van der Waals surface area contributed by atoms with Crippen molar-refractivity contribution in [3.05, 3.63) is 39.3 Å². The third-order valence-electron chi connectivity index (χ3n) is 2.60. The molecule has 2 rings (SSSR count). The van der Waals surface area contributed by atoms with Gasteiger partial charge in [0.05, 0.1) is 22.6 Å². The van der Waals surface area contributed by atoms with Crippen LogP contribution in [-0.4, -0.2) is 13.4 Å². The Morgan fingerprint density at radius 2 is 2.21 bits per heavy atom. The average molecular weight is 318 g/mol. The first-order chi connectivity index (χ1) is 8.90. The molecule has 0 spiro atoms. The van der Waals surface area contributed by atoms with Crippen molar-refractivity contribution in [1.82, 2.24) is 9.71 Å². The van der Waals surface area contributed by atoms with Gasteiger partial charge in [-0.05, 0) is 24.6 Å². The summed E-state index contributed by atoms with van der Waals surface area (Å²) in [7, 11) is -3.65. The number of thiazole rings is 1. The summed E-state index contributed by atoms with van der Waals surface area (Å²) in [6, 6.07) is 2.78. The fourth-order valence-corrected chi connectivity index (χ4v) is 3.32. The molecule has 0 saturated carbocycles. The Morgan fingerprint density at radius 1 is 1.47 bits per heavy atom. The predicted molar refractivity (Wildman–Crippen MR) is 76.7 cm³/mol. The van der Waals surface area contributed by atoms with Crippen LogP contribution in [-0.2, 0) is 16.6 Å². The van der Waals surface area contributed by atoms with E-state index in [4.69, 9.17) is 17.3 Å². The van der Waals surface area contributed by atoms with Gasteiger partial charge in [-0.1, -0.05) is 11.6 Å². The molecule has 0 radical (unpaired) electrons. The van der Waals surface area contributed by atoms with Crippen LogP contribution in [0.4, 0.5) is 5.69 Å². The van der Waals surface area contributed by atoms with E-state index in [0.29, 0.717) is 22.0 Å². The second kappa shape index (κ2) is 5.46. The number of halogens is 1. The monoisotopic (exact) mass is 317 g/mol. The number of anilines is 1. The van der Waals surface area contributed by atoms with Crippen LogP contribution in [0.1, 0.15) is 11.3 Å². The van der Waals surface area contributed by atoms with Crippen LogP contribution in [0.15, 0.2) is 27.9 Å². The zero-order valence-corrected chi connectivity index (χ0v) is 12.4. The first kappa shape index (κ1) is 14.3. The summed E-state index contributed by atoms with van der Waals surface area (Å²) in [6.07, 6.45) is 0. The van der Waals surface area contributed by atoms with E-state index in [9.17, 15) is 8.42 Å². The van der Waals surface area contributed by atoms with Gasteiger partial charge in [0, 0.05) is 16.1 Å². The van der Waals surface area contributed by atoms with Gasteiger partial charge < -0.3 is 5.73 Å². The smallest absolute Gasteiger partial charge is 0.241 e. The van der Waals surface area contributed by atoms with Crippen molar-refractivity contribution in [2.24, 2.45) is 0 Å². The Morgan fingerprint density at radius 3 is 2.79 bits per heavy atom. The number of nitrogens with zero attached hydrogens (tertiary/aromatic N) is 1. The Kier molecular flexibility index (Phi) is 4.10. The third kappa shape index (κ3) is 3.24. The van der Waals surface area contributed by atoms with Crippen LogP contribution < -0.4 is 10.5 Å². The molecule has 19 heavy (non-hydrogen) atoms. The summed E-state index contributed by atoms with van der Waals surface area (Å²) < 4.78 is 26.6. The molecular weight excluding hydrogens is 306 g/mol. The van der Waals surface area contributed by atoms with E-state index in [0.717, 1.165) is 0 Å². The Labute approximate surface area is 120 Å². The lowest BCUT2D eigenvalue weighted by Gasteiger charge is -2.09. The highest BCUT2D eigenvalue weighted by Gasteiger charge is 2.16. The van der Waals surface area contributed by atoms with Crippen LogP contribution in [0, 0.1) is 6.92 Å². The van der Waals surface area contributed by atoms with Crippen LogP contribution in [0.25, 0.3) is 0 Å². The molecule has 0 aliphatic carbocycles. The maximum Gasteiger partial charge on any atom is 0.241 e. The standard InChI is InChI=1S/C11H12ClN3O2S2/c1-7-10(12)2-9(3-11(7)13)19(16,17)15-4-8-5-18-6-14-8/h2-3,5-6,15H,4,13H2,1H3. The van der Waals surface area contributed by atoms with E-state index in [2.05, 4.69) is 9.71 Å². The van der Waals surface area contributed by atoms with E-state index in [1.165, 1.54) is 23.5 Å². The molecule has 3 N–H and O–H groups in total. The maximum absolute atomic E-state index is 12.1. The molecule has 0 unspecified atom stereocenters. The molecule has 5 nitrogen and oxygen atoms in total. The second-order valence-corrected chi connectivity index (χ2v) is 6.82. The quantitative estimate of drug-likeness (QED) is 0.846. The van der Waals surface area contributed by atoms with Crippen molar-refractivity contribution in [1.29, 1.82) is 0 Å². The Balaban J connectivity index is 2.24. The summed E-state index contributed by atoms with van der Waals surface area (Å²) >= 11 is 7.35. The van der Waals surface area contributed by atoms with Gasteiger partial charge in [-0.15, -0.1) is 11.3 Å². The maximum atomic E-state index is 12.1. The number of nitrogen functional groups attached to an aromatic ring is 1. The van der Waals surface area contributed by atoms with Gasteiger partial charge in [0.25, 0.3) is 0 Å². The van der Waals surface area contributed by atoms with Gasteiger partial charge in [0.2, 0.25) is 10.0 Å². The van der Waals surface area contributed by atoms with Crippen LogP contribution in [0.5, 0.6) is 0 Å². The highest BCUT2D eigenvalue weighted by Crippen LogP contribution is 2.25. The fraction of sp³-hybridized carbons (Fsp3) is 0.182. The minimum Gasteiger partial charge on any atom is -0.398 e. The highest BCUT2D eigenvalue weighted by atomic mass is 35.5. The van der Waals surface area contributed by atoms with Crippen LogP contribution >= 0.6 is 22.9 Å². The zero-order valence-electron chi connectivity index (χ0n) is 10.1. The second-order valence-electron chi connectivity index (χ2n) is 3.92. The van der Waals surface area contributed by atoms with Gasteiger partial charge in [-0.3, -0.25) is 0 Å². The Hall–Kier alpha value is -1.15. The molecule has 0 atom stereocenters. The summed E-state index contributed by atoms with van der Waals surface area (Å²) in [5.74, 6) is 0. The molecule has 0 aliphatic heterocycles. The first-order valence-electron chi connectivity index (χ1n) is 5.32. The molecular formula is C11H12ClN3O2S2. The van der Waals surface area contributed by atoms with Crippen LogP contribution in [0.3, 0.4) is 0 Å². The van der Waals surface area contributed by atoms with Crippen molar-refractivity contribution in [2.75, 3.05) is 5.73 Å². The Bertz CT molecular complexity index is 661. The number of aromatic nitrogens is 1. The molecule has 102 valence electrons. The zero-order chi connectivity index (χ0) is 14.0. The van der Waals surface area contributed by atoms with Crippen molar-refractivity contribution in [3.8, 4) is 0 Å². The minimum absolute atomic E-state index is 0.0517. The first-order valence-corrected chi connectivity index (χ1v) is 8.13. The molecule has 0 fully saturated rings. The number of hydrogen-bond donors (Lipinski definition) is 2. The molecule has 1 aromatic carbocycles. The fourth-order valence-electron chi connectivity index (χ4n) is 1.41. The lowest BCUT2D eigenvalue weighted by molar-refractivity contribution is 0.580. The molecule has 0 bridgehead atoms. The topological polar surface area (TPSA) is 85.1 Å². The summed E-state index contributed by atoms with van der Waals surface area (Å²) in [6.45, 7) is 1.87. The lowest BCUT2D eigenvalue weighted by Crippen LogP contribution is -2.23. The SMILES string of the molecule is Cc1c(N)cc(S(=O)(=O)NCc2cscn2)cc1Cl. The third-order valence-corrected chi connectivity index (χ3v) is 5.00. The molecule has 1 heterocycles. The molecule has 8 heteroatoms. The summed E-state index contributed by atoms with van der Waals surface area (Å²) in [5.41, 5.74) is 9.05. The summed E-state index contributed by atoms with van der Waals surface area (Å²) in [5, 5.41) is 2.10. The molecule has 0 aliphatic rings. The van der Waals surface area contributed by atoms with Gasteiger partial charge >= 0.3 is 0 Å². The van der Waals surface area contributed by atoms with Crippen molar-refractivity contribution >= 4 is 38.6 Å². The van der Waals surface area contributed by atoms with Gasteiger partial charge in [0.1, 0.15) is 0 Å². The van der Waals surface area contributed by atoms with Gasteiger partial charge in [-0.25, -0.2) is 18.1 Å². The summed E-state index contributed by atoms with van der Waals surface area (Å²) in [4.78, 5) is 4.05. The minimum atomic E-state index is -3.65. The number of sulfonamides is 1. The lowest BCUT2D eigenvalue weighted by atomic mass is 10.2. The molecule has 1 aromatic heterocycles. The van der Waals surface area contributed by atoms with E-state index < -0.39 is 10.0 Å². The molecule has 0 amide bonds. The van der Waals surface area contributed by atoms with Gasteiger partial charge in [0.15, 0.2) is 0 Å². The number of nitrogens with two attached hydrogens (primary N) is 1. The largest absolute Gasteiger partial charge is 0.398 e. The van der Waals surface area contributed by atoms with E-state index >= 15 is 0 Å². The highest BCUT2D eigenvalue weighted by molar-refractivity contribution is 7.89. The van der Waals surface area contributed by atoms with Crippen molar-refractivity contribution < 1.29 is 8.42 Å². The van der Waals surface area contributed by atoms with Crippen LogP contribution in [0.2, 0.25) is 5.02 Å². The molecule has 0 saturated heterocycles. The van der Waals surface area contributed by atoms with Crippen molar-refractivity contribution in [3.63, 3.8) is 0 Å². The van der Waals surface area contributed by atoms with Gasteiger partial charge in [-0.2, -0.15) is 0 Å². The normalized spacial score (nSPS) is 11.7. The number of nitrogens with one attached hydrogen (secondary N) is 1. The molecule has 2 aromatic rings. The van der Waals surface area contributed by atoms with Crippen molar-refractivity contribution in [2.45, 2.75) is 18.4 Å². The van der Waals surface area contributed by atoms with E-state index in [1.54, 1.807) is 17.8 Å². The van der Waals surface area contributed by atoms with E-state index in [1.807, 2.05) is 0 Å². The van der Waals surface area contributed by atoms with E-state index in [-0.39, 0.29) is 11.4 Å². The number of rotatable bonds is 4. The number of benzene rings is 1. The number of hydrogen-bond acceptors (Lipinski definition) is 5. The predicted octanol–water partition coefficient (Wildman–Crippen LogP) is 2.17. The average Bonchev–Trinajstić information content (AvgIpc) is 2.86.